The Hall–Kier alpha value is -1.75. The van der Waals surface area contributed by atoms with Gasteiger partial charge in [-0.2, -0.15) is 0 Å². The van der Waals surface area contributed by atoms with Crippen molar-refractivity contribution in [3.05, 3.63) is 24.3 Å². The molecular weight excluding hydrogens is 232 g/mol. The molecule has 2 N–H and O–H groups in total. The van der Waals surface area contributed by atoms with Crippen molar-refractivity contribution in [3.63, 3.8) is 0 Å². The molecule has 5 heteroatoms. The monoisotopic (exact) mass is 252 g/mol. The van der Waals surface area contributed by atoms with Crippen LogP contribution in [0.1, 0.15) is 6.92 Å². The van der Waals surface area contributed by atoms with E-state index in [0.29, 0.717) is 12.4 Å². The molecule has 0 fully saturated rings. The smallest absolute Gasteiger partial charge is 0.326 e. The second kappa shape index (κ2) is 6.86. The molecule has 1 aromatic rings. The Morgan fingerprint density at radius 2 is 2.17 bits per heavy atom. The Labute approximate surface area is 107 Å². The molecule has 0 bridgehead atoms. The lowest BCUT2D eigenvalue weighted by Crippen LogP contribution is -2.37. The van der Waals surface area contributed by atoms with Crippen LogP contribution in [0.5, 0.6) is 5.75 Å². The number of benzene rings is 1. The highest BCUT2D eigenvalue weighted by Gasteiger charge is 2.15. The molecule has 0 aliphatic carbocycles. The van der Waals surface area contributed by atoms with Gasteiger partial charge in [0.15, 0.2) is 0 Å². The van der Waals surface area contributed by atoms with Crippen LogP contribution in [0.2, 0.25) is 0 Å². The molecule has 0 aliphatic rings. The number of hydrogen-bond donors (Lipinski definition) is 1. The summed E-state index contributed by atoms with van der Waals surface area (Å²) in [5.41, 5.74) is 6.66. The fourth-order valence-electron chi connectivity index (χ4n) is 1.35. The topological polar surface area (TPSA) is 64.8 Å². The molecule has 1 atom stereocenters. The zero-order valence-electron chi connectivity index (χ0n) is 11.1. The number of rotatable bonds is 6. The van der Waals surface area contributed by atoms with Crippen molar-refractivity contribution in [1.29, 1.82) is 0 Å². The van der Waals surface area contributed by atoms with Crippen molar-refractivity contribution >= 4 is 11.7 Å². The predicted molar refractivity (Wildman–Crippen MR) is 70.9 cm³/mol. The third kappa shape index (κ3) is 4.25. The summed E-state index contributed by atoms with van der Waals surface area (Å²) in [4.78, 5) is 13.3. The van der Waals surface area contributed by atoms with Crippen LogP contribution in [0, 0.1) is 0 Å². The Morgan fingerprint density at radius 3 is 2.78 bits per heavy atom. The van der Waals surface area contributed by atoms with Crippen LogP contribution in [-0.4, -0.2) is 39.3 Å². The van der Waals surface area contributed by atoms with Gasteiger partial charge in [-0.05, 0) is 19.1 Å². The fourth-order valence-corrected chi connectivity index (χ4v) is 1.35. The fraction of sp³-hybridized carbons (Fsp3) is 0.462. The minimum atomic E-state index is -0.757. The van der Waals surface area contributed by atoms with E-state index in [9.17, 15) is 4.79 Å². The van der Waals surface area contributed by atoms with Gasteiger partial charge in [0.05, 0.1) is 6.61 Å². The van der Waals surface area contributed by atoms with Crippen LogP contribution >= 0.6 is 0 Å². The Bertz CT molecular complexity index is 394. The van der Waals surface area contributed by atoms with E-state index in [4.69, 9.17) is 15.2 Å². The van der Waals surface area contributed by atoms with Gasteiger partial charge in [0.25, 0.3) is 0 Å². The van der Waals surface area contributed by atoms with Crippen molar-refractivity contribution in [2.24, 2.45) is 5.73 Å². The molecule has 0 saturated carbocycles. The predicted octanol–water partition coefficient (Wildman–Crippen LogP) is 1.02. The largest absolute Gasteiger partial charge is 0.491 e. The highest BCUT2D eigenvalue weighted by atomic mass is 16.5. The maximum Gasteiger partial charge on any atom is 0.326 e. The standard InChI is InChI=1S/C13H20N2O3/c1-4-17-13(16)12(14)9-18-11-7-5-6-10(8-11)15(2)3/h5-8,12H,4,9,14H2,1-3H3. The number of carbonyl (C=O) groups is 1. The lowest BCUT2D eigenvalue weighted by molar-refractivity contribution is -0.145. The van der Waals surface area contributed by atoms with Crippen LogP contribution in [0.25, 0.3) is 0 Å². The summed E-state index contributed by atoms with van der Waals surface area (Å²) < 4.78 is 10.3. The number of nitrogens with two attached hydrogens (primary N) is 1. The maximum absolute atomic E-state index is 11.3. The zero-order valence-corrected chi connectivity index (χ0v) is 11.1. The van der Waals surface area contributed by atoms with Crippen LogP contribution < -0.4 is 15.4 Å². The van der Waals surface area contributed by atoms with Gasteiger partial charge in [-0.15, -0.1) is 0 Å². The summed E-state index contributed by atoms with van der Waals surface area (Å²) in [6.07, 6.45) is 0. The molecule has 5 nitrogen and oxygen atoms in total. The number of hydrogen-bond acceptors (Lipinski definition) is 5. The summed E-state index contributed by atoms with van der Waals surface area (Å²) >= 11 is 0. The Kier molecular flexibility index (Phi) is 5.45. The van der Waals surface area contributed by atoms with E-state index in [1.807, 2.05) is 43.3 Å². The Balaban J connectivity index is 2.53. The molecule has 18 heavy (non-hydrogen) atoms. The second-order valence-corrected chi connectivity index (χ2v) is 4.06. The lowest BCUT2D eigenvalue weighted by atomic mass is 10.3. The summed E-state index contributed by atoms with van der Waals surface area (Å²) in [5.74, 6) is 0.238. The average molecular weight is 252 g/mol. The number of esters is 1. The number of anilines is 1. The number of nitrogens with zero attached hydrogens (tertiary/aromatic N) is 1. The van der Waals surface area contributed by atoms with Crippen LogP contribution in [0.3, 0.4) is 0 Å². The Morgan fingerprint density at radius 1 is 1.44 bits per heavy atom. The molecule has 0 aliphatic heterocycles. The highest BCUT2D eigenvalue weighted by molar-refractivity contribution is 5.75. The first-order chi connectivity index (χ1) is 8.54. The van der Waals surface area contributed by atoms with E-state index in [2.05, 4.69) is 0 Å². The van der Waals surface area contributed by atoms with E-state index in [-0.39, 0.29) is 6.61 Å². The first-order valence-corrected chi connectivity index (χ1v) is 5.87. The van der Waals surface area contributed by atoms with Crippen molar-refractivity contribution in [2.75, 3.05) is 32.2 Å². The molecule has 0 radical (unpaired) electrons. The molecule has 1 aromatic carbocycles. The minimum Gasteiger partial charge on any atom is -0.491 e. The van der Waals surface area contributed by atoms with E-state index < -0.39 is 12.0 Å². The summed E-state index contributed by atoms with van der Waals surface area (Å²) in [6.45, 7) is 2.17. The molecular formula is C13H20N2O3. The van der Waals surface area contributed by atoms with Gasteiger partial charge in [0, 0.05) is 25.8 Å². The van der Waals surface area contributed by atoms with Crippen LogP contribution in [0.4, 0.5) is 5.69 Å². The number of carbonyl (C=O) groups excluding carboxylic acids is 1. The van der Waals surface area contributed by atoms with Gasteiger partial charge < -0.3 is 20.1 Å². The van der Waals surface area contributed by atoms with Crippen LogP contribution in [-0.2, 0) is 9.53 Å². The second-order valence-electron chi connectivity index (χ2n) is 4.06. The summed E-state index contributed by atoms with van der Waals surface area (Å²) in [5, 5.41) is 0. The quantitative estimate of drug-likeness (QED) is 0.766. The maximum atomic E-state index is 11.3. The van der Waals surface area contributed by atoms with E-state index >= 15 is 0 Å². The molecule has 0 amide bonds. The van der Waals surface area contributed by atoms with Gasteiger partial charge in [-0.1, -0.05) is 6.07 Å². The molecule has 0 saturated heterocycles. The SMILES string of the molecule is CCOC(=O)C(N)COc1cccc(N(C)C)c1. The third-order valence-corrected chi connectivity index (χ3v) is 2.35. The van der Waals surface area contributed by atoms with Gasteiger partial charge in [-0.3, -0.25) is 4.79 Å². The minimum absolute atomic E-state index is 0.107. The number of ether oxygens (including phenoxy) is 2. The molecule has 0 aromatic heterocycles. The highest BCUT2D eigenvalue weighted by Crippen LogP contribution is 2.19. The van der Waals surface area contributed by atoms with Gasteiger partial charge in [0.2, 0.25) is 0 Å². The zero-order chi connectivity index (χ0) is 13.5. The van der Waals surface area contributed by atoms with Crippen molar-refractivity contribution < 1.29 is 14.3 Å². The molecule has 1 unspecified atom stereocenters. The van der Waals surface area contributed by atoms with Crippen LogP contribution in [0.15, 0.2) is 24.3 Å². The first kappa shape index (κ1) is 14.3. The normalized spacial score (nSPS) is 11.8. The van der Waals surface area contributed by atoms with Gasteiger partial charge in [0.1, 0.15) is 18.4 Å². The van der Waals surface area contributed by atoms with Crippen molar-refractivity contribution in [1.82, 2.24) is 0 Å². The molecule has 1 rings (SSSR count). The molecule has 0 heterocycles. The van der Waals surface area contributed by atoms with E-state index in [1.165, 1.54) is 0 Å². The van der Waals surface area contributed by atoms with Crippen molar-refractivity contribution in [2.45, 2.75) is 13.0 Å². The first-order valence-electron chi connectivity index (χ1n) is 5.87. The summed E-state index contributed by atoms with van der Waals surface area (Å²) in [7, 11) is 3.90. The van der Waals surface area contributed by atoms with Gasteiger partial charge in [-0.25, -0.2) is 0 Å². The van der Waals surface area contributed by atoms with Gasteiger partial charge >= 0.3 is 5.97 Å². The third-order valence-electron chi connectivity index (χ3n) is 2.35. The molecule has 100 valence electrons. The lowest BCUT2D eigenvalue weighted by Gasteiger charge is -2.15. The van der Waals surface area contributed by atoms with E-state index in [1.54, 1.807) is 6.92 Å². The summed E-state index contributed by atoms with van der Waals surface area (Å²) in [6, 6.07) is 6.81. The molecule has 0 spiro atoms. The van der Waals surface area contributed by atoms with E-state index in [0.717, 1.165) is 5.69 Å². The average Bonchev–Trinajstić information content (AvgIpc) is 2.36. The van der Waals surface area contributed by atoms with Crippen molar-refractivity contribution in [3.8, 4) is 5.75 Å².